The average molecular weight is 356 g/mol. The molecule has 5 rings (SSSR count). The first-order chi connectivity index (χ1) is 13.2. The Bertz CT molecular complexity index is 1130. The molecule has 3 heterocycles. The van der Waals surface area contributed by atoms with Crippen molar-refractivity contribution in [2.24, 2.45) is 0 Å². The third kappa shape index (κ3) is 2.46. The number of nitrogens with one attached hydrogen (secondary N) is 2. The predicted octanol–water partition coefficient (Wildman–Crippen LogP) is 3.99. The van der Waals surface area contributed by atoms with Crippen LogP contribution in [0.5, 0.6) is 0 Å². The van der Waals surface area contributed by atoms with E-state index in [1.54, 1.807) is 0 Å². The number of fused-ring (bicyclic) bond motifs is 2. The smallest absolute Gasteiger partial charge is 0.275 e. The van der Waals surface area contributed by atoms with Gasteiger partial charge in [0.05, 0.1) is 6.04 Å². The lowest BCUT2D eigenvalue weighted by Crippen LogP contribution is -2.31. The number of hydrogen-bond acceptors (Lipinski definition) is 2. The van der Waals surface area contributed by atoms with Crippen molar-refractivity contribution in [1.29, 1.82) is 0 Å². The molecule has 0 saturated carbocycles. The van der Waals surface area contributed by atoms with Crippen LogP contribution < -0.4 is 0 Å². The van der Waals surface area contributed by atoms with Crippen LogP contribution in [0.25, 0.3) is 10.9 Å². The van der Waals surface area contributed by atoms with Crippen molar-refractivity contribution < 1.29 is 4.79 Å². The molecule has 1 aliphatic heterocycles. The van der Waals surface area contributed by atoms with E-state index in [1.807, 2.05) is 48.4 Å². The Morgan fingerprint density at radius 3 is 2.70 bits per heavy atom. The zero-order chi connectivity index (χ0) is 18.4. The highest BCUT2D eigenvalue weighted by Crippen LogP contribution is 2.39. The molecule has 4 aromatic rings. The van der Waals surface area contributed by atoms with Gasteiger partial charge < -0.3 is 9.88 Å². The van der Waals surface area contributed by atoms with Gasteiger partial charge in [0.25, 0.3) is 5.91 Å². The number of nitrogens with zero attached hydrogens (tertiary/aromatic N) is 2. The fourth-order valence-electron chi connectivity index (χ4n) is 4.14. The number of hydrogen-bond donors (Lipinski definition) is 2. The summed E-state index contributed by atoms with van der Waals surface area (Å²) in [5.74, 6) is 0.00282. The van der Waals surface area contributed by atoms with Crippen LogP contribution in [0.15, 0.2) is 60.8 Å². The van der Waals surface area contributed by atoms with Crippen molar-refractivity contribution >= 4 is 16.8 Å². The number of H-pyrrole nitrogens is 2. The molecule has 2 N–H and O–H groups in total. The minimum Gasteiger partial charge on any atom is -0.361 e. The molecule has 1 aliphatic rings. The van der Waals surface area contributed by atoms with E-state index in [4.69, 9.17) is 0 Å². The first kappa shape index (κ1) is 15.9. The van der Waals surface area contributed by atoms with Gasteiger partial charge in [0.2, 0.25) is 0 Å². The molecule has 0 bridgehead atoms. The fourth-order valence-corrected chi connectivity index (χ4v) is 4.14. The maximum absolute atomic E-state index is 13.1. The van der Waals surface area contributed by atoms with Crippen LogP contribution in [-0.4, -0.2) is 32.5 Å². The van der Waals surface area contributed by atoms with Gasteiger partial charge in [-0.05, 0) is 30.5 Å². The van der Waals surface area contributed by atoms with Gasteiger partial charge in [-0.2, -0.15) is 5.10 Å². The van der Waals surface area contributed by atoms with Crippen molar-refractivity contribution in [2.45, 2.75) is 19.4 Å². The number of carbonyl (C=O) groups excluding carboxylic acids is 1. The lowest BCUT2D eigenvalue weighted by Gasteiger charge is -2.26. The van der Waals surface area contributed by atoms with Crippen molar-refractivity contribution in [3.63, 3.8) is 0 Å². The summed E-state index contributed by atoms with van der Waals surface area (Å²) in [6, 6.07) is 18.4. The van der Waals surface area contributed by atoms with E-state index in [0.717, 1.165) is 28.8 Å². The SMILES string of the molecule is Cc1[nH]nc2c1[C@@H](c1ccccc1)N(CCc1c[nH]c3ccccc13)C2=O. The predicted molar refractivity (Wildman–Crippen MR) is 105 cm³/mol. The zero-order valence-corrected chi connectivity index (χ0v) is 15.1. The highest BCUT2D eigenvalue weighted by Gasteiger charge is 2.41. The number of para-hydroxylation sites is 1. The number of aromatic nitrogens is 3. The van der Waals surface area contributed by atoms with Gasteiger partial charge in [-0.3, -0.25) is 9.89 Å². The summed E-state index contributed by atoms with van der Waals surface area (Å²) in [5.41, 5.74) is 6.00. The molecular formula is C22H20N4O. The van der Waals surface area contributed by atoms with Gasteiger partial charge in [0.15, 0.2) is 5.69 Å². The van der Waals surface area contributed by atoms with E-state index in [2.05, 4.69) is 39.4 Å². The molecule has 0 spiro atoms. The molecule has 1 atom stereocenters. The second-order valence-electron chi connectivity index (χ2n) is 7.03. The number of benzene rings is 2. The topological polar surface area (TPSA) is 64.8 Å². The Morgan fingerprint density at radius 1 is 1.07 bits per heavy atom. The summed E-state index contributed by atoms with van der Waals surface area (Å²) in [7, 11) is 0. The second-order valence-corrected chi connectivity index (χ2v) is 7.03. The Hall–Kier alpha value is -3.34. The van der Waals surface area contributed by atoms with Gasteiger partial charge in [-0.1, -0.05) is 48.5 Å². The summed E-state index contributed by atoms with van der Waals surface area (Å²) in [6.45, 7) is 2.63. The van der Waals surface area contributed by atoms with Crippen molar-refractivity contribution in [2.75, 3.05) is 6.54 Å². The third-order valence-corrected chi connectivity index (χ3v) is 5.46. The molecule has 0 saturated heterocycles. The number of aromatic amines is 2. The van der Waals surface area contributed by atoms with Crippen LogP contribution in [0.3, 0.4) is 0 Å². The van der Waals surface area contributed by atoms with E-state index in [1.165, 1.54) is 10.9 Å². The van der Waals surface area contributed by atoms with Crippen LogP contribution in [0.2, 0.25) is 0 Å². The summed E-state index contributed by atoms with van der Waals surface area (Å²) < 4.78 is 0. The van der Waals surface area contributed by atoms with Crippen LogP contribution in [0.4, 0.5) is 0 Å². The first-order valence-corrected chi connectivity index (χ1v) is 9.20. The monoisotopic (exact) mass is 356 g/mol. The fraction of sp³-hybridized carbons (Fsp3) is 0.182. The number of carbonyl (C=O) groups is 1. The minimum absolute atomic E-state index is 0.00282. The van der Waals surface area contributed by atoms with Crippen LogP contribution in [0.1, 0.15) is 38.9 Å². The summed E-state index contributed by atoms with van der Waals surface area (Å²) in [5, 5.41) is 8.47. The molecule has 2 aromatic heterocycles. The number of aryl methyl sites for hydroxylation is 1. The molecular weight excluding hydrogens is 336 g/mol. The Morgan fingerprint density at radius 2 is 1.85 bits per heavy atom. The van der Waals surface area contributed by atoms with E-state index in [0.29, 0.717) is 12.2 Å². The summed E-state index contributed by atoms with van der Waals surface area (Å²) in [6.07, 6.45) is 2.85. The Kier molecular flexibility index (Phi) is 3.60. The molecule has 1 amide bonds. The highest BCUT2D eigenvalue weighted by molar-refractivity contribution is 5.98. The van der Waals surface area contributed by atoms with Gasteiger partial charge in [0.1, 0.15) is 0 Å². The lowest BCUT2D eigenvalue weighted by molar-refractivity contribution is 0.0745. The highest BCUT2D eigenvalue weighted by atomic mass is 16.2. The first-order valence-electron chi connectivity index (χ1n) is 9.20. The van der Waals surface area contributed by atoms with Gasteiger partial charge in [0, 0.05) is 34.9 Å². The molecule has 0 radical (unpaired) electrons. The van der Waals surface area contributed by atoms with Crippen molar-refractivity contribution in [3.05, 3.63) is 88.9 Å². The molecule has 5 heteroatoms. The molecule has 0 aliphatic carbocycles. The number of amides is 1. The third-order valence-electron chi connectivity index (χ3n) is 5.46. The molecule has 0 unspecified atom stereocenters. The van der Waals surface area contributed by atoms with E-state index < -0.39 is 0 Å². The summed E-state index contributed by atoms with van der Waals surface area (Å²) in [4.78, 5) is 18.3. The molecule has 27 heavy (non-hydrogen) atoms. The Balaban J connectivity index is 1.50. The van der Waals surface area contributed by atoms with Crippen LogP contribution in [-0.2, 0) is 6.42 Å². The van der Waals surface area contributed by atoms with Crippen molar-refractivity contribution in [3.8, 4) is 0 Å². The molecule has 0 fully saturated rings. The molecule has 5 nitrogen and oxygen atoms in total. The summed E-state index contributed by atoms with van der Waals surface area (Å²) >= 11 is 0. The molecule has 2 aromatic carbocycles. The minimum atomic E-state index is -0.0855. The van der Waals surface area contributed by atoms with E-state index in [9.17, 15) is 4.79 Å². The molecule has 134 valence electrons. The van der Waals surface area contributed by atoms with Gasteiger partial charge >= 0.3 is 0 Å². The Labute approximate surface area is 157 Å². The quantitative estimate of drug-likeness (QED) is 0.581. The second kappa shape index (κ2) is 6.13. The van der Waals surface area contributed by atoms with Crippen molar-refractivity contribution in [1.82, 2.24) is 20.1 Å². The maximum atomic E-state index is 13.1. The largest absolute Gasteiger partial charge is 0.361 e. The normalized spacial score (nSPS) is 16.3. The zero-order valence-electron chi connectivity index (χ0n) is 15.1. The van der Waals surface area contributed by atoms with Gasteiger partial charge in [-0.25, -0.2) is 0 Å². The van der Waals surface area contributed by atoms with E-state index in [-0.39, 0.29) is 11.9 Å². The van der Waals surface area contributed by atoms with Gasteiger partial charge in [-0.15, -0.1) is 0 Å². The average Bonchev–Trinajstić information content (AvgIpc) is 3.36. The van der Waals surface area contributed by atoms with E-state index >= 15 is 0 Å². The van der Waals surface area contributed by atoms with Crippen LogP contribution in [0, 0.1) is 6.92 Å². The number of rotatable bonds is 4. The standard InChI is InChI=1S/C22H20N4O/c1-14-19-20(25-24-14)22(27)26(21(19)15-7-3-2-4-8-15)12-11-16-13-23-18-10-6-5-9-17(16)18/h2-10,13,21,23H,11-12H2,1H3,(H,24,25)/t21-/m1/s1. The maximum Gasteiger partial charge on any atom is 0.275 e. The lowest BCUT2D eigenvalue weighted by atomic mass is 9.99. The van der Waals surface area contributed by atoms with Crippen LogP contribution >= 0.6 is 0 Å².